The summed E-state index contributed by atoms with van der Waals surface area (Å²) in [5, 5.41) is 35.4. The van der Waals surface area contributed by atoms with Crippen molar-refractivity contribution in [2.75, 3.05) is 0 Å². The second-order valence-corrected chi connectivity index (χ2v) is 21.2. The predicted octanol–water partition coefficient (Wildman–Crippen LogP) is 7.32. The Balaban J connectivity index is 0.00000400. The molecule has 7 aromatic heterocycles. The smallest absolute Gasteiger partial charge is 0.656 e. The molecule has 16 heteroatoms. The molecule has 0 saturated carbocycles. The molecule has 0 spiro atoms. The molecule has 2 aliphatic heterocycles. The van der Waals surface area contributed by atoms with Crippen LogP contribution in [0.3, 0.4) is 0 Å². The number of fused-ring (bicyclic) bond motifs is 8. The van der Waals surface area contributed by atoms with E-state index in [1.165, 1.54) is 0 Å². The van der Waals surface area contributed by atoms with Crippen molar-refractivity contribution in [2.45, 2.75) is 33.1 Å². The molecule has 2 aliphatic rings. The average Bonchev–Trinajstić information content (AvgIpc) is 1.78. The molecule has 2 radical (unpaired) electrons. The molecule has 0 amide bonds. The minimum absolute atomic E-state index is 0. The molecule has 0 fully saturated rings. The number of carboxylic acids is 3. The molecule has 0 N–H and O–H groups in total. The first kappa shape index (κ1) is 60.2. The summed E-state index contributed by atoms with van der Waals surface area (Å²) >= 11 is 0. The van der Waals surface area contributed by atoms with Gasteiger partial charge in [0.05, 0.1) is 62.9 Å². The van der Waals surface area contributed by atoms with Crippen molar-refractivity contribution < 1.29 is 110 Å². The molecule has 4 aromatic carbocycles. The second kappa shape index (κ2) is 26.2. The monoisotopic (exact) mass is 1410 g/mol. The third kappa shape index (κ3) is 12.5. The fourth-order valence-electron chi connectivity index (χ4n) is 11.2. The first-order chi connectivity index (χ1) is 42.0. The third-order valence-corrected chi connectivity index (χ3v) is 15.5. The van der Waals surface area contributed by atoms with Crippen LogP contribution < -0.4 is 43.6 Å². The molecule has 0 aliphatic carbocycles. The van der Waals surface area contributed by atoms with Crippen molar-refractivity contribution in [3.8, 4) is 45.0 Å². The number of nitrogens with zero attached hydrogens (tertiary/aromatic N) is 8. The van der Waals surface area contributed by atoms with Gasteiger partial charge >= 0.3 is 17.1 Å². The summed E-state index contributed by atoms with van der Waals surface area (Å²) in [6.45, 7) is 3.78. The topological polar surface area (TPSA) is 190 Å². The molecule has 424 valence electrons. The van der Waals surface area contributed by atoms with Gasteiger partial charge in [0.1, 0.15) is 0 Å². The minimum atomic E-state index is -1.26. The molecule has 11 aromatic rings. The van der Waals surface area contributed by atoms with Gasteiger partial charge in [0.15, 0.2) is 51.0 Å². The van der Waals surface area contributed by atoms with E-state index in [1.807, 2.05) is 134 Å². The van der Waals surface area contributed by atoms with Crippen LogP contribution in [0.5, 0.6) is 0 Å². The number of pyridine rings is 4. The van der Waals surface area contributed by atoms with E-state index in [1.54, 1.807) is 72.8 Å². The Hall–Kier alpha value is -9.52. The van der Waals surface area contributed by atoms with E-state index >= 15 is 0 Å². The Bertz CT molecular complexity index is 4650. The first-order valence-electron chi connectivity index (χ1n) is 28.0. The van der Waals surface area contributed by atoms with Crippen LogP contribution in [0.2, 0.25) is 0 Å². The van der Waals surface area contributed by atoms with Gasteiger partial charge in [-0.15, -0.1) is 22.1 Å². The molecule has 0 unspecified atom stereocenters. The van der Waals surface area contributed by atoms with E-state index in [9.17, 15) is 29.7 Å². The molecular formula is C72H51FeN8O6Ra+. The van der Waals surface area contributed by atoms with Crippen molar-refractivity contribution in [3.63, 3.8) is 0 Å². The summed E-state index contributed by atoms with van der Waals surface area (Å²) in [5.41, 5.74) is 16.5. The van der Waals surface area contributed by atoms with Gasteiger partial charge in [-0.1, -0.05) is 127 Å². The maximum absolute atomic E-state index is 11.8. The summed E-state index contributed by atoms with van der Waals surface area (Å²) < 4.78 is 8.52. The number of rotatable bonds is 15. The maximum Gasteiger partial charge on any atom is 2.00 e. The van der Waals surface area contributed by atoms with Crippen LogP contribution in [-0.4, -0.2) is 27.9 Å². The number of hydrogen-bond donors (Lipinski definition) is 0. The number of hydrogen-bond acceptors (Lipinski definition) is 8. The summed E-state index contributed by atoms with van der Waals surface area (Å²) in [6, 6.07) is 60.7. The van der Waals surface area contributed by atoms with Gasteiger partial charge < -0.3 is 39.7 Å². The second-order valence-electron chi connectivity index (χ2n) is 21.2. The Labute approximate surface area is 553 Å². The van der Waals surface area contributed by atoms with Crippen LogP contribution in [-0.2, 0) is 43.2 Å². The summed E-state index contributed by atoms with van der Waals surface area (Å²) in [4.78, 5) is 57.8. The molecule has 88 heavy (non-hydrogen) atoms. The largest absolute Gasteiger partial charge is 2.00 e. The van der Waals surface area contributed by atoms with Crippen LogP contribution in [0.4, 0.5) is 0 Å². The number of aromatic carboxylic acids is 3. The van der Waals surface area contributed by atoms with E-state index in [2.05, 4.69) is 61.7 Å². The van der Waals surface area contributed by atoms with Crippen LogP contribution in [0.1, 0.15) is 81.7 Å². The number of carboxylic acid groups (broad SMARTS) is 3. The number of carbonyl (C=O) groups is 3. The van der Waals surface area contributed by atoms with Crippen LogP contribution in [0.15, 0.2) is 219 Å². The third-order valence-electron chi connectivity index (χ3n) is 15.5. The van der Waals surface area contributed by atoms with Gasteiger partial charge in [0.2, 0.25) is 22.8 Å². The van der Waals surface area contributed by atoms with Gasteiger partial charge in [-0.05, 0) is 72.2 Å². The zero-order chi connectivity index (χ0) is 58.8. The van der Waals surface area contributed by atoms with E-state index in [0.717, 1.165) is 67.3 Å². The Morgan fingerprint density at radius 3 is 0.830 bits per heavy atom. The Morgan fingerprint density at radius 2 is 0.591 bits per heavy atom. The first-order valence-corrected chi connectivity index (χ1v) is 28.0. The average molecular weight is 1410 g/mol. The van der Waals surface area contributed by atoms with Crippen LogP contribution in [0, 0.1) is 51.9 Å². The number of aryl methyl sites for hydroxylation is 1. The van der Waals surface area contributed by atoms with Crippen molar-refractivity contribution in [3.05, 3.63) is 286 Å². The predicted molar refractivity (Wildman–Crippen MR) is 319 cm³/mol. The molecule has 0 saturated heterocycles. The van der Waals surface area contributed by atoms with Gasteiger partial charge in [0, 0.05) is 116 Å². The zero-order valence-electron chi connectivity index (χ0n) is 47.5. The fourth-order valence-corrected chi connectivity index (χ4v) is 11.2. The Morgan fingerprint density at radius 1 is 0.352 bits per heavy atom. The van der Waals surface area contributed by atoms with Gasteiger partial charge in [-0.25, -0.2) is 9.97 Å². The SMILES string of the molecule is Cc1ccc(C[n+]2ccccc2-c2c3nc(c(-c4cccc[n+]4Cc4ccc(C(=O)[O-])cc4)c4ccc([n-]4)c(-c4cccc[n+]4Cc4ccc(C(=O)[O-])cc4)c4nc(c(-c5cccc[n+]5Cc5ccc(C(=O)[O-])cc5)c5ccc2[n-]5)C=C4)C=C3)cc1.[Fe+2].[Ra]. The molecule has 14 nitrogen and oxygen atoms in total. The zero-order valence-corrected chi connectivity index (χ0v) is 54.4. The minimum Gasteiger partial charge on any atom is -0.656 e. The summed E-state index contributed by atoms with van der Waals surface area (Å²) in [7, 11) is 0. The van der Waals surface area contributed by atoms with Gasteiger partial charge in [-0.2, -0.15) is 18.3 Å². The normalized spacial score (nSPS) is 11.4. The van der Waals surface area contributed by atoms with Crippen molar-refractivity contribution in [2.24, 2.45) is 0 Å². The van der Waals surface area contributed by atoms with Gasteiger partial charge in [0.25, 0.3) is 0 Å². The van der Waals surface area contributed by atoms with Crippen molar-refractivity contribution in [1.29, 1.82) is 0 Å². The van der Waals surface area contributed by atoms with E-state index in [-0.39, 0.29) is 78.8 Å². The molecule has 9 heterocycles. The van der Waals surface area contributed by atoms with Crippen LogP contribution >= 0.6 is 0 Å². The molecule has 0 atom stereocenters. The summed E-state index contributed by atoms with van der Waals surface area (Å²) in [6.07, 6.45) is 16.1. The molecule has 8 bridgehead atoms. The van der Waals surface area contributed by atoms with E-state index in [0.29, 0.717) is 76.6 Å². The fraction of sp³-hybridized carbons (Fsp3) is 0.0694. The summed E-state index contributed by atoms with van der Waals surface area (Å²) in [5.74, 6) is -3.75. The maximum atomic E-state index is 11.8. The van der Waals surface area contributed by atoms with E-state index in [4.69, 9.17) is 19.9 Å². The van der Waals surface area contributed by atoms with Crippen molar-refractivity contribution >= 4 is 64.3 Å². The van der Waals surface area contributed by atoms with E-state index < -0.39 is 17.9 Å². The standard InChI is InChI=1S/C72H52N8O6.Fe.Ra/c1-46-14-16-47(17-15-46)42-77-38-6-2-10-62(77)66-54-30-32-56(73-54)67(63-11-3-7-39-78(63)43-48-18-24-51(25-19-48)70(81)82)58-34-36-60(75-58)69(65-13-5-9-41-80(65)45-50-22-28-53(29-23-50)72(85)86)61-37-35-59(76-61)68(57-33-31-55(66)74-57)64-12-4-8-40-79(64)44-49-20-26-52(27-21-49)71(83)84;;/h2-41H,42-45H2,1H3,(H-3,73,74,75,76,81,82,83,84,85,86);;/q;+2;/p-1. The number of carbonyl (C=O) groups excluding carboxylic acids is 3. The molecule has 13 rings (SSSR count). The number of benzene rings is 4. The van der Waals surface area contributed by atoms with Gasteiger partial charge in [-0.3, -0.25) is 0 Å². The van der Waals surface area contributed by atoms with Crippen molar-refractivity contribution in [1.82, 2.24) is 19.9 Å². The Kier molecular flexibility index (Phi) is 17.9. The van der Waals surface area contributed by atoms with Crippen LogP contribution in [0.25, 0.3) is 91.4 Å². The number of aromatic nitrogens is 8. The molecular weight excluding hydrogens is 1350 g/mol. The quantitative estimate of drug-likeness (QED) is 0.0743.